The molecule has 0 saturated heterocycles. The average molecular weight is 407 g/mol. The Bertz CT molecular complexity index is 1090. The van der Waals surface area contributed by atoms with Gasteiger partial charge in [0.1, 0.15) is 11.6 Å². The molecule has 8 heteroatoms. The van der Waals surface area contributed by atoms with Gasteiger partial charge in [0.05, 0.1) is 23.8 Å². The first-order chi connectivity index (χ1) is 14.6. The van der Waals surface area contributed by atoms with Crippen molar-refractivity contribution in [3.63, 3.8) is 0 Å². The Hall–Kier alpha value is -3.68. The van der Waals surface area contributed by atoms with Gasteiger partial charge in [0.25, 0.3) is 0 Å². The van der Waals surface area contributed by atoms with Crippen LogP contribution in [0.2, 0.25) is 0 Å². The standard InChI is InChI=1S/C22H21N3O5/c1-29-16-11-12-19(18(14-16)25(27)28)30-22(26)20-17-10-6-3-7-13-24(17)21(23-20)15-8-4-2-5-9-15/h2,4-5,8-9,11-12,14H,3,6-7,10,13H2,1H3. The minimum Gasteiger partial charge on any atom is -0.496 e. The molecule has 0 amide bonds. The second kappa shape index (κ2) is 8.36. The van der Waals surface area contributed by atoms with E-state index in [2.05, 4.69) is 9.55 Å². The zero-order valence-corrected chi connectivity index (χ0v) is 16.5. The Labute approximate surface area is 173 Å². The molecule has 4 rings (SSSR count). The third kappa shape index (κ3) is 3.76. The van der Waals surface area contributed by atoms with Crippen LogP contribution in [0, 0.1) is 10.1 Å². The summed E-state index contributed by atoms with van der Waals surface area (Å²) in [7, 11) is 1.41. The molecule has 0 spiro atoms. The molecule has 0 atom stereocenters. The fraction of sp³-hybridized carbons (Fsp3) is 0.273. The lowest BCUT2D eigenvalue weighted by Crippen LogP contribution is -2.13. The normalized spacial score (nSPS) is 13.2. The maximum Gasteiger partial charge on any atom is 0.364 e. The van der Waals surface area contributed by atoms with E-state index < -0.39 is 10.9 Å². The monoisotopic (exact) mass is 407 g/mol. The van der Waals surface area contributed by atoms with Crippen LogP contribution in [0.3, 0.4) is 0 Å². The van der Waals surface area contributed by atoms with Gasteiger partial charge in [-0.2, -0.15) is 0 Å². The number of aromatic nitrogens is 2. The Kier molecular flexibility index (Phi) is 5.47. The minimum absolute atomic E-state index is 0.137. The first kappa shape index (κ1) is 19.6. The molecule has 0 radical (unpaired) electrons. The predicted octanol–water partition coefficient (Wildman–Crippen LogP) is 4.41. The molecule has 1 aromatic heterocycles. The van der Waals surface area contributed by atoms with Crippen molar-refractivity contribution in [2.45, 2.75) is 32.2 Å². The first-order valence-corrected chi connectivity index (χ1v) is 9.78. The van der Waals surface area contributed by atoms with Crippen LogP contribution in [0.5, 0.6) is 11.5 Å². The van der Waals surface area contributed by atoms with Crippen molar-refractivity contribution in [3.05, 3.63) is 70.0 Å². The van der Waals surface area contributed by atoms with Crippen LogP contribution in [0.1, 0.15) is 35.4 Å². The van der Waals surface area contributed by atoms with Gasteiger partial charge < -0.3 is 14.0 Å². The number of nitro benzene ring substituents is 1. The lowest BCUT2D eigenvalue weighted by molar-refractivity contribution is -0.385. The molecule has 0 saturated carbocycles. The Morgan fingerprint density at radius 3 is 2.67 bits per heavy atom. The molecule has 1 aliphatic heterocycles. The SMILES string of the molecule is COc1ccc(OC(=O)c2nc(-c3ccccc3)n3c2CCCCC3)c([N+](=O)[O-])c1. The van der Waals surface area contributed by atoms with Crippen LogP contribution in [-0.2, 0) is 13.0 Å². The number of ether oxygens (including phenoxy) is 2. The molecular formula is C22H21N3O5. The van der Waals surface area contributed by atoms with E-state index in [1.165, 1.54) is 25.3 Å². The Morgan fingerprint density at radius 1 is 1.13 bits per heavy atom. The third-order valence-corrected chi connectivity index (χ3v) is 5.16. The van der Waals surface area contributed by atoms with Gasteiger partial charge in [-0.25, -0.2) is 9.78 Å². The molecular weight excluding hydrogens is 386 g/mol. The van der Waals surface area contributed by atoms with Crippen molar-refractivity contribution < 1.29 is 19.2 Å². The predicted molar refractivity (Wildman–Crippen MR) is 110 cm³/mol. The molecule has 0 unspecified atom stereocenters. The Morgan fingerprint density at radius 2 is 1.93 bits per heavy atom. The van der Waals surface area contributed by atoms with Crippen molar-refractivity contribution in [1.29, 1.82) is 0 Å². The highest BCUT2D eigenvalue weighted by Gasteiger charge is 2.27. The molecule has 0 fully saturated rings. The summed E-state index contributed by atoms with van der Waals surface area (Å²) in [5, 5.41) is 11.4. The van der Waals surface area contributed by atoms with Crippen LogP contribution < -0.4 is 9.47 Å². The van der Waals surface area contributed by atoms with Crippen LogP contribution in [0.25, 0.3) is 11.4 Å². The molecule has 154 valence electrons. The molecule has 30 heavy (non-hydrogen) atoms. The summed E-state index contributed by atoms with van der Waals surface area (Å²) in [5.41, 5.74) is 1.60. The summed E-state index contributed by atoms with van der Waals surface area (Å²) in [5.74, 6) is 0.186. The van der Waals surface area contributed by atoms with Crippen LogP contribution >= 0.6 is 0 Å². The van der Waals surface area contributed by atoms with E-state index in [0.29, 0.717) is 18.0 Å². The summed E-state index contributed by atoms with van der Waals surface area (Å²) < 4.78 is 12.5. The second-order valence-electron chi connectivity index (χ2n) is 7.04. The molecule has 8 nitrogen and oxygen atoms in total. The van der Waals surface area contributed by atoms with Gasteiger partial charge in [0.15, 0.2) is 5.69 Å². The zero-order chi connectivity index (χ0) is 21.1. The van der Waals surface area contributed by atoms with E-state index >= 15 is 0 Å². The maximum absolute atomic E-state index is 13.0. The lowest BCUT2D eigenvalue weighted by atomic mass is 10.1. The van der Waals surface area contributed by atoms with Crippen LogP contribution in [0.4, 0.5) is 5.69 Å². The van der Waals surface area contributed by atoms with Crippen molar-refractivity contribution >= 4 is 11.7 Å². The molecule has 2 heterocycles. The number of imidazole rings is 1. The second-order valence-corrected chi connectivity index (χ2v) is 7.04. The van der Waals surface area contributed by atoms with Crippen molar-refractivity contribution in [2.75, 3.05) is 7.11 Å². The van der Waals surface area contributed by atoms with Gasteiger partial charge in [0.2, 0.25) is 5.75 Å². The highest BCUT2D eigenvalue weighted by molar-refractivity contribution is 5.92. The van der Waals surface area contributed by atoms with Gasteiger partial charge in [-0.05, 0) is 31.4 Å². The number of carbonyl (C=O) groups is 1. The highest BCUT2D eigenvalue weighted by atomic mass is 16.6. The molecule has 0 aliphatic carbocycles. The van der Waals surface area contributed by atoms with E-state index in [0.717, 1.165) is 37.1 Å². The molecule has 1 aliphatic rings. The highest BCUT2D eigenvalue weighted by Crippen LogP contribution is 2.33. The zero-order valence-electron chi connectivity index (χ0n) is 16.5. The topological polar surface area (TPSA) is 96.5 Å². The molecule has 0 N–H and O–H groups in total. The van der Waals surface area contributed by atoms with E-state index in [9.17, 15) is 14.9 Å². The molecule has 0 bridgehead atoms. The molecule has 2 aromatic carbocycles. The summed E-state index contributed by atoms with van der Waals surface area (Å²) in [4.78, 5) is 28.4. The van der Waals surface area contributed by atoms with Crippen molar-refractivity contribution in [2.24, 2.45) is 0 Å². The van der Waals surface area contributed by atoms with Gasteiger partial charge >= 0.3 is 11.7 Å². The van der Waals surface area contributed by atoms with Gasteiger partial charge in [-0.3, -0.25) is 10.1 Å². The number of nitro groups is 1. The van der Waals surface area contributed by atoms with Crippen molar-refractivity contribution in [1.82, 2.24) is 9.55 Å². The number of hydrogen-bond acceptors (Lipinski definition) is 6. The van der Waals surface area contributed by atoms with Crippen LogP contribution in [-0.4, -0.2) is 27.6 Å². The first-order valence-electron chi connectivity index (χ1n) is 9.78. The van der Waals surface area contributed by atoms with Gasteiger partial charge in [0, 0.05) is 12.1 Å². The van der Waals surface area contributed by atoms with E-state index in [1.807, 2.05) is 30.3 Å². The summed E-state index contributed by atoms with van der Waals surface area (Å²) in [6.45, 7) is 0.766. The number of hydrogen-bond donors (Lipinski definition) is 0. The largest absolute Gasteiger partial charge is 0.496 e. The number of nitrogens with zero attached hydrogens (tertiary/aromatic N) is 3. The smallest absolute Gasteiger partial charge is 0.364 e. The summed E-state index contributed by atoms with van der Waals surface area (Å²) in [6, 6.07) is 13.8. The fourth-order valence-electron chi connectivity index (χ4n) is 3.69. The maximum atomic E-state index is 13.0. The third-order valence-electron chi connectivity index (χ3n) is 5.16. The number of rotatable bonds is 5. The minimum atomic E-state index is -0.698. The van der Waals surface area contributed by atoms with Crippen LogP contribution in [0.15, 0.2) is 48.5 Å². The van der Waals surface area contributed by atoms with E-state index in [-0.39, 0.29) is 17.1 Å². The number of fused-ring (bicyclic) bond motifs is 1. The quantitative estimate of drug-likeness (QED) is 0.269. The van der Waals surface area contributed by atoms with E-state index in [1.54, 1.807) is 0 Å². The van der Waals surface area contributed by atoms with E-state index in [4.69, 9.17) is 9.47 Å². The number of benzene rings is 2. The number of carbonyl (C=O) groups excluding carboxylic acids is 1. The fourth-order valence-corrected chi connectivity index (χ4v) is 3.69. The summed E-state index contributed by atoms with van der Waals surface area (Å²) >= 11 is 0. The lowest BCUT2D eigenvalue weighted by Gasteiger charge is -2.09. The average Bonchev–Trinajstić information content (AvgIpc) is 2.95. The van der Waals surface area contributed by atoms with Gasteiger partial charge in [-0.15, -0.1) is 0 Å². The van der Waals surface area contributed by atoms with Gasteiger partial charge in [-0.1, -0.05) is 36.8 Å². The summed E-state index contributed by atoms with van der Waals surface area (Å²) in [6.07, 6.45) is 3.72. The molecule has 3 aromatic rings. The number of methoxy groups -OCH3 is 1. The Balaban J connectivity index is 1.73. The van der Waals surface area contributed by atoms with Crippen molar-refractivity contribution in [3.8, 4) is 22.9 Å². The number of esters is 1.